The number of nitro groups is 2. The molecule has 7 nitrogen and oxygen atoms in total. The lowest BCUT2D eigenvalue weighted by molar-refractivity contribution is -0.432. The molecule has 0 aliphatic carbocycles. The largest absolute Gasteiger partial charge is 0.303 e. The van der Waals surface area contributed by atoms with E-state index in [-0.39, 0.29) is 17.8 Å². The van der Waals surface area contributed by atoms with Gasteiger partial charge in [-0.05, 0) is 44.3 Å². The first-order valence-electron chi connectivity index (χ1n) is 9.43. The Hall–Kier alpha value is -2.57. The Morgan fingerprint density at radius 3 is 2.11 bits per heavy atom. The average molecular weight is 378 g/mol. The van der Waals surface area contributed by atoms with Crippen molar-refractivity contribution in [2.24, 2.45) is 0 Å². The van der Waals surface area contributed by atoms with Crippen molar-refractivity contribution in [3.8, 4) is 0 Å². The third-order valence-electron chi connectivity index (χ3n) is 3.84. The minimum atomic E-state index is -0.485. The SMILES string of the molecule is CCCCC/C(=C\C/C(=C\C/C=C\C/C=C\CCCC=O)[N+](=O)[O-])[N+](=O)[O-]. The first-order valence-corrected chi connectivity index (χ1v) is 9.43. The van der Waals surface area contributed by atoms with Crippen molar-refractivity contribution in [3.05, 3.63) is 68.1 Å². The van der Waals surface area contributed by atoms with Gasteiger partial charge in [-0.3, -0.25) is 20.2 Å². The van der Waals surface area contributed by atoms with Crippen molar-refractivity contribution in [2.75, 3.05) is 0 Å². The molecule has 0 rings (SSSR count). The van der Waals surface area contributed by atoms with Gasteiger partial charge >= 0.3 is 0 Å². The van der Waals surface area contributed by atoms with Gasteiger partial charge in [0.1, 0.15) is 6.29 Å². The fourth-order valence-electron chi connectivity index (χ4n) is 2.29. The van der Waals surface area contributed by atoms with Crippen LogP contribution in [-0.2, 0) is 4.79 Å². The van der Waals surface area contributed by atoms with Gasteiger partial charge < -0.3 is 4.79 Å². The van der Waals surface area contributed by atoms with Gasteiger partial charge in [0.25, 0.3) is 0 Å². The summed E-state index contributed by atoms with van der Waals surface area (Å²) in [6, 6.07) is 0. The van der Waals surface area contributed by atoms with Crippen molar-refractivity contribution in [2.45, 2.75) is 71.1 Å². The lowest BCUT2D eigenvalue weighted by Crippen LogP contribution is -2.02. The molecular weight excluding hydrogens is 348 g/mol. The molecule has 0 aromatic carbocycles. The molecule has 0 bridgehead atoms. The van der Waals surface area contributed by atoms with Gasteiger partial charge in [0, 0.05) is 12.8 Å². The maximum absolute atomic E-state index is 11.1. The first-order chi connectivity index (χ1) is 13.0. The highest BCUT2D eigenvalue weighted by Gasteiger charge is 2.14. The van der Waals surface area contributed by atoms with Crippen LogP contribution in [0.3, 0.4) is 0 Å². The van der Waals surface area contributed by atoms with Gasteiger partial charge in [-0.25, -0.2) is 0 Å². The van der Waals surface area contributed by atoms with E-state index in [1.807, 2.05) is 31.2 Å². The molecule has 0 spiro atoms. The quantitative estimate of drug-likeness (QED) is 0.115. The van der Waals surface area contributed by atoms with Gasteiger partial charge in [-0.15, -0.1) is 0 Å². The zero-order valence-corrected chi connectivity index (χ0v) is 16.0. The Balaban J connectivity index is 4.49. The second kappa shape index (κ2) is 16.9. The highest BCUT2D eigenvalue weighted by atomic mass is 16.6. The van der Waals surface area contributed by atoms with E-state index in [1.165, 1.54) is 12.2 Å². The second-order valence-corrected chi connectivity index (χ2v) is 6.08. The zero-order valence-electron chi connectivity index (χ0n) is 16.0. The average Bonchev–Trinajstić information content (AvgIpc) is 2.63. The number of rotatable bonds is 16. The standard InChI is InChI=1S/C20H30N2O5/c1-2-3-11-14-19(21(24)25)16-17-20(22(26)27)15-12-9-7-5-4-6-8-10-13-18-23/h4,6-7,9,15-16,18H,2-3,5,8,10-14,17H2,1H3/b6-4-,9-7-,19-16+,20-15+. The Labute approximate surface area is 160 Å². The van der Waals surface area contributed by atoms with E-state index in [9.17, 15) is 25.0 Å². The minimum absolute atomic E-state index is 0.0288. The number of hydrogen-bond acceptors (Lipinski definition) is 5. The van der Waals surface area contributed by atoms with E-state index < -0.39 is 9.85 Å². The van der Waals surface area contributed by atoms with Crippen LogP contribution < -0.4 is 0 Å². The molecule has 0 radical (unpaired) electrons. The van der Waals surface area contributed by atoms with Crippen molar-refractivity contribution in [1.82, 2.24) is 0 Å². The third-order valence-corrected chi connectivity index (χ3v) is 3.84. The van der Waals surface area contributed by atoms with E-state index in [0.717, 1.165) is 38.4 Å². The van der Waals surface area contributed by atoms with E-state index in [2.05, 4.69) is 0 Å². The van der Waals surface area contributed by atoms with Crippen LogP contribution in [0.5, 0.6) is 0 Å². The molecule has 0 amide bonds. The Morgan fingerprint density at radius 2 is 1.48 bits per heavy atom. The maximum Gasteiger partial charge on any atom is 0.246 e. The first kappa shape index (κ1) is 24.4. The van der Waals surface area contributed by atoms with Crippen LogP contribution in [0, 0.1) is 20.2 Å². The normalized spacial score (nSPS) is 12.8. The van der Waals surface area contributed by atoms with Crippen LogP contribution >= 0.6 is 0 Å². The number of carbonyl (C=O) groups excluding carboxylic acids is 1. The van der Waals surface area contributed by atoms with Crippen LogP contribution in [0.2, 0.25) is 0 Å². The molecule has 0 N–H and O–H groups in total. The van der Waals surface area contributed by atoms with Gasteiger partial charge in [0.15, 0.2) is 0 Å². The molecule has 0 aromatic rings. The summed E-state index contributed by atoms with van der Waals surface area (Å²) < 4.78 is 0. The fourth-order valence-corrected chi connectivity index (χ4v) is 2.29. The van der Waals surface area contributed by atoms with E-state index >= 15 is 0 Å². The summed E-state index contributed by atoms with van der Waals surface area (Å²) in [7, 11) is 0. The van der Waals surface area contributed by atoms with Crippen molar-refractivity contribution in [3.63, 3.8) is 0 Å². The molecule has 7 heteroatoms. The summed E-state index contributed by atoms with van der Waals surface area (Å²) >= 11 is 0. The molecule has 0 heterocycles. The van der Waals surface area contributed by atoms with Crippen LogP contribution in [0.25, 0.3) is 0 Å². The number of hydrogen-bond donors (Lipinski definition) is 0. The highest BCUT2D eigenvalue weighted by Crippen LogP contribution is 2.14. The summed E-state index contributed by atoms with van der Waals surface area (Å²) in [5.74, 6) is 0. The predicted molar refractivity (Wildman–Crippen MR) is 106 cm³/mol. The third kappa shape index (κ3) is 14.3. The Kier molecular flexibility index (Phi) is 15.3. The molecule has 0 saturated heterocycles. The molecule has 0 saturated carbocycles. The summed E-state index contributed by atoms with van der Waals surface area (Å²) in [6.07, 6.45) is 17.8. The molecule has 0 aliphatic heterocycles. The molecular formula is C20H30N2O5. The zero-order chi connectivity index (χ0) is 20.3. The fraction of sp³-hybridized carbons (Fsp3) is 0.550. The monoisotopic (exact) mass is 378 g/mol. The minimum Gasteiger partial charge on any atom is -0.303 e. The van der Waals surface area contributed by atoms with Crippen LogP contribution in [-0.4, -0.2) is 16.1 Å². The summed E-state index contributed by atoms with van der Waals surface area (Å²) in [5.41, 5.74) is 0.0188. The number of aldehydes is 1. The van der Waals surface area contributed by atoms with E-state index in [4.69, 9.17) is 0 Å². The molecule has 0 aromatic heterocycles. The molecule has 27 heavy (non-hydrogen) atoms. The van der Waals surface area contributed by atoms with Crippen molar-refractivity contribution >= 4 is 6.29 Å². The van der Waals surface area contributed by atoms with Gasteiger partial charge in [0.05, 0.1) is 16.3 Å². The lowest BCUT2D eigenvalue weighted by atomic mass is 10.1. The lowest BCUT2D eigenvalue weighted by Gasteiger charge is -1.99. The topological polar surface area (TPSA) is 103 Å². The molecule has 0 fully saturated rings. The maximum atomic E-state index is 11.1. The Bertz CT molecular complexity index is 577. The second-order valence-electron chi connectivity index (χ2n) is 6.08. The number of allylic oxidation sites excluding steroid dienone is 7. The molecule has 0 aliphatic rings. The summed E-state index contributed by atoms with van der Waals surface area (Å²) in [4.78, 5) is 31.4. The molecule has 0 unspecified atom stereocenters. The van der Waals surface area contributed by atoms with Gasteiger partial charge in [-0.1, -0.05) is 44.1 Å². The van der Waals surface area contributed by atoms with Gasteiger partial charge in [-0.2, -0.15) is 0 Å². The molecule has 0 atom stereocenters. The Morgan fingerprint density at radius 1 is 0.815 bits per heavy atom. The number of unbranched alkanes of at least 4 members (excludes halogenated alkanes) is 4. The summed E-state index contributed by atoms with van der Waals surface area (Å²) in [6.45, 7) is 2.01. The smallest absolute Gasteiger partial charge is 0.246 e. The van der Waals surface area contributed by atoms with Crippen molar-refractivity contribution < 1.29 is 14.6 Å². The van der Waals surface area contributed by atoms with E-state index in [0.29, 0.717) is 25.7 Å². The van der Waals surface area contributed by atoms with Crippen molar-refractivity contribution in [1.29, 1.82) is 0 Å². The number of nitrogens with zero attached hydrogens (tertiary/aromatic N) is 2. The molecule has 150 valence electrons. The summed E-state index contributed by atoms with van der Waals surface area (Å²) in [5, 5.41) is 22.1. The van der Waals surface area contributed by atoms with E-state index in [1.54, 1.807) is 0 Å². The number of carbonyl (C=O) groups is 1. The van der Waals surface area contributed by atoms with Crippen LogP contribution in [0.1, 0.15) is 71.1 Å². The highest BCUT2D eigenvalue weighted by molar-refractivity contribution is 5.49. The van der Waals surface area contributed by atoms with Gasteiger partial charge in [0.2, 0.25) is 11.4 Å². The predicted octanol–water partition coefficient (Wildman–Crippen LogP) is 5.54. The van der Waals surface area contributed by atoms with Crippen LogP contribution in [0.4, 0.5) is 0 Å². The van der Waals surface area contributed by atoms with Crippen LogP contribution in [0.15, 0.2) is 47.9 Å².